The lowest BCUT2D eigenvalue weighted by molar-refractivity contribution is -0.122. The van der Waals surface area contributed by atoms with Crippen LogP contribution in [0.3, 0.4) is 0 Å². The summed E-state index contributed by atoms with van der Waals surface area (Å²) in [6.07, 6.45) is 0. The molecule has 0 radical (unpaired) electrons. The molecular formula is C16H17ClN2O3S. The zero-order valence-corrected chi connectivity index (χ0v) is 14.1. The van der Waals surface area contributed by atoms with Gasteiger partial charge in [0.1, 0.15) is 0 Å². The van der Waals surface area contributed by atoms with E-state index >= 15 is 0 Å². The van der Waals surface area contributed by atoms with Crippen LogP contribution in [-0.4, -0.2) is 20.4 Å². The van der Waals surface area contributed by atoms with Crippen LogP contribution in [0.25, 0.3) is 0 Å². The first-order chi connectivity index (χ1) is 10.9. The molecule has 7 heteroatoms. The molecule has 2 rings (SSSR count). The molecule has 122 valence electrons. The number of benzene rings is 2. The topological polar surface area (TPSA) is 75.3 Å². The Morgan fingerprint density at radius 2 is 1.83 bits per heavy atom. The Balaban J connectivity index is 1.97. The van der Waals surface area contributed by atoms with Crippen molar-refractivity contribution in [3.8, 4) is 0 Å². The molecule has 2 N–H and O–H groups in total. The molecule has 0 aliphatic heterocycles. The monoisotopic (exact) mass is 352 g/mol. The van der Waals surface area contributed by atoms with Gasteiger partial charge in [0.15, 0.2) is 0 Å². The third-order valence-electron chi connectivity index (χ3n) is 3.14. The van der Waals surface area contributed by atoms with Crippen LogP contribution in [-0.2, 0) is 21.4 Å². The van der Waals surface area contributed by atoms with Gasteiger partial charge in [-0.1, -0.05) is 48.0 Å². The summed E-state index contributed by atoms with van der Waals surface area (Å²) in [7, 11) is -3.81. The lowest BCUT2D eigenvalue weighted by Gasteiger charge is -2.14. The van der Waals surface area contributed by atoms with Crippen LogP contribution in [0.2, 0.25) is 5.02 Å². The van der Waals surface area contributed by atoms with Crippen molar-refractivity contribution < 1.29 is 13.2 Å². The Kier molecular flexibility index (Phi) is 5.76. The summed E-state index contributed by atoms with van der Waals surface area (Å²) in [5.41, 5.74) is 0.936. The van der Waals surface area contributed by atoms with E-state index in [0.29, 0.717) is 11.6 Å². The summed E-state index contributed by atoms with van der Waals surface area (Å²) in [5.74, 6) is -0.403. The van der Waals surface area contributed by atoms with Gasteiger partial charge in [-0.25, -0.2) is 8.42 Å². The van der Waals surface area contributed by atoms with Gasteiger partial charge in [-0.15, -0.1) is 0 Å². The third-order valence-corrected chi connectivity index (χ3v) is 4.91. The van der Waals surface area contributed by atoms with Gasteiger partial charge in [-0.2, -0.15) is 4.72 Å². The van der Waals surface area contributed by atoms with Crippen molar-refractivity contribution in [1.82, 2.24) is 10.0 Å². The first kappa shape index (κ1) is 17.5. The van der Waals surface area contributed by atoms with Gasteiger partial charge >= 0.3 is 0 Å². The van der Waals surface area contributed by atoms with Crippen LogP contribution in [0.5, 0.6) is 0 Å². The van der Waals surface area contributed by atoms with Gasteiger partial charge in [0.2, 0.25) is 15.9 Å². The minimum atomic E-state index is -3.81. The first-order valence-electron chi connectivity index (χ1n) is 6.98. The summed E-state index contributed by atoms with van der Waals surface area (Å²) in [6.45, 7) is 1.82. The second-order valence-corrected chi connectivity index (χ2v) is 7.15. The largest absolute Gasteiger partial charge is 0.351 e. The predicted molar refractivity (Wildman–Crippen MR) is 89.5 cm³/mol. The fourth-order valence-corrected chi connectivity index (χ4v) is 3.43. The molecule has 2 aromatic carbocycles. The second-order valence-electron chi connectivity index (χ2n) is 5.00. The van der Waals surface area contributed by atoms with Gasteiger partial charge < -0.3 is 5.32 Å². The second kappa shape index (κ2) is 7.59. The van der Waals surface area contributed by atoms with Crippen LogP contribution in [0.4, 0.5) is 0 Å². The normalized spacial score (nSPS) is 12.6. The molecule has 0 saturated heterocycles. The summed E-state index contributed by atoms with van der Waals surface area (Å²) in [6, 6.07) is 14.3. The fourth-order valence-electron chi connectivity index (χ4n) is 1.93. The van der Waals surface area contributed by atoms with E-state index in [1.54, 1.807) is 6.07 Å². The molecule has 0 heterocycles. The highest BCUT2D eigenvalue weighted by atomic mass is 35.5. The average molecular weight is 353 g/mol. The van der Waals surface area contributed by atoms with Crippen LogP contribution in [0.15, 0.2) is 59.5 Å². The van der Waals surface area contributed by atoms with Crippen molar-refractivity contribution in [3.05, 3.63) is 65.2 Å². The molecule has 0 aliphatic rings. The third kappa shape index (κ3) is 5.06. The molecule has 23 heavy (non-hydrogen) atoms. The number of carbonyl (C=O) groups excluding carboxylic acids is 1. The summed E-state index contributed by atoms with van der Waals surface area (Å²) in [4.78, 5) is 12.0. The molecule has 0 aliphatic carbocycles. The van der Waals surface area contributed by atoms with Crippen molar-refractivity contribution in [2.75, 3.05) is 0 Å². The zero-order valence-electron chi connectivity index (χ0n) is 12.5. The Hall–Kier alpha value is -1.89. The SMILES string of the molecule is C[C@H](NS(=O)(=O)c1cccc(Cl)c1)C(=O)NCc1ccccc1. The Morgan fingerprint density at radius 1 is 1.13 bits per heavy atom. The van der Waals surface area contributed by atoms with E-state index in [4.69, 9.17) is 11.6 Å². The van der Waals surface area contributed by atoms with E-state index in [1.807, 2.05) is 30.3 Å². The maximum absolute atomic E-state index is 12.2. The summed E-state index contributed by atoms with van der Waals surface area (Å²) in [5, 5.41) is 3.01. The highest BCUT2D eigenvalue weighted by Crippen LogP contribution is 2.15. The summed E-state index contributed by atoms with van der Waals surface area (Å²) < 4.78 is 26.8. The number of hydrogen-bond acceptors (Lipinski definition) is 3. The quantitative estimate of drug-likeness (QED) is 0.837. The lowest BCUT2D eigenvalue weighted by atomic mass is 10.2. The smallest absolute Gasteiger partial charge is 0.241 e. The maximum atomic E-state index is 12.2. The standard InChI is InChI=1S/C16H17ClN2O3S/c1-12(16(20)18-11-13-6-3-2-4-7-13)19-23(21,22)15-9-5-8-14(17)10-15/h2-10,12,19H,11H2,1H3,(H,18,20)/t12-/m0/s1. The van der Waals surface area contributed by atoms with Gasteiger partial charge in [0.05, 0.1) is 10.9 Å². The number of sulfonamides is 1. The number of carbonyl (C=O) groups is 1. The van der Waals surface area contributed by atoms with E-state index in [-0.39, 0.29) is 4.90 Å². The molecular weight excluding hydrogens is 336 g/mol. The van der Waals surface area contributed by atoms with Crippen molar-refractivity contribution >= 4 is 27.5 Å². The number of amides is 1. The average Bonchev–Trinajstić information content (AvgIpc) is 2.53. The minimum absolute atomic E-state index is 0.0210. The van der Waals surface area contributed by atoms with Crippen molar-refractivity contribution in [1.29, 1.82) is 0 Å². The van der Waals surface area contributed by atoms with Gasteiger partial charge in [0.25, 0.3) is 0 Å². The van der Waals surface area contributed by atoms with Crippen LogP contribution < -0.4 is 10.0 Å². The molecule has 2 aromatic rings. The molecule has 0 saturated carbocycles. The maximum Gasteiger partial charge on any atom is 0.241 e. The number of rotatable bonds is 6. The Bertz CT molecular complexity index is 779. The van der Waals surface area contributed by atoms with E-state index in [0.717, 1.165) is 5.56 Å². The van der Waals surface area contributed by atoms with Gasteiger partial charge in [-0.05, 0) is 30.7 Å². The van der Waals surface area contributed by atoms with E-state index < -0.39 is 22.0 Å². The number of halogens is 1. The zero-order chi connectivity index (χ0) is 16.9. The van der Waals surface area contributed by atoms with Crippen molar-refractivity contribution in [2.24, 2.45) is 0 Å². The van der Waals surface area contributed by atoms with Gasteiger partial charge in [0, 0.05) is 11.6 Å². The molecule has 0 fully saturated rings. The molecule has 1 amide bonds. The predicted octanol–water partition coefficient (Wildman–Crippen LogP) is 2.32. The summed E-state index contributed by atoms with van der Waals surface area (Å²) >= 11 is 5.80. The molecule has 5 nitrogen and oxygen atoms in total. The number of nitrogens with one attached hydrogen (secondary N) is 2. The molecule has 0 bridgehead atoms. The molecule has 0 unspecified atom stereocenters. The minimum Gasteiger partial charge on any atom is -0.351 e. The van der Waals surface area contributed by atoms with Crippen LogP contribution in [0.1, 0.15) is 12.5 Å². The van der Waals surface area contributed by atoms with Gasteiger partial charge in [-0.3, -0.25) is 4.79 Å². The highest BCUT2D eigenvalue weighted by Gasteiger charge is 2.22. The fraction of sp³-hybridized carbons (Fsp3) is 0.188. The Labute approximate surface area is 140 Å². The molecule has 1 atom stereocenters. The lowest BCUT2D eigenvalue weighted by Crippen LogP contribution is -2.44. The van der Waals surface area contributed by atoms with Crippen LogP contribution in [0, 0.1) is 0 Å². The van der Waals surface area contributed by atoms with E-state index in [1.165, 1.54) is 25.1 Å². The Morgan fingerprint density at radius 3 is 2.48 bits per heavy atom. The highest BCUT2D eigenvalue weighted by molar-refractivity contribution is 7.89. The molecule has 0 spiro atoms. The molecule has 0 aromatic heterocycles. The van der Waals surface area contributed by atoms with Crippen molar-refractivity contribution in [2.45, 2.75) is 24.4 Å². The van der Waals surface area contributed by atoms with E-state index in [2.05, 4.69) is 10.0 Å². The van der Waals surface area contributed by atoms with Crippen LogP contribution >= 0.6 is 11.6 Å². The van der Waals surface area contributed by atoms with E-state index in [9.17, 15) is 13.2 Å². The van der Waals surface area contributed by atoms with Crippen molar-refractivity contribution in [3.63, 3.8) is 0 Å². The number of hydrogen-bond donors (Lipinski definition) is 2. The first-order valence-corrected chi connectivity index (χ1v) is 8.84.